The van der Waals surface area contributed by atoms with Gasteiger partial charge in [-0.2, -0.15) is 0 Å². The maximum atomic E-state index is 11.9. The first-order valence-electron chi connectivity index (χ1n) is 6.30. The van der Waals surface area contributed by atoms with Gasteiger partial charge in [0.25, 0.3) is 0 Å². The number of aromatic nitrogens is 1. The van der Waals surface area contributed by atoms with Crippen molar-refractivity contribution in [2.45, 2.75) is 6.54 Å². The topological polar surface area (TPSA) is 68.5 Å². The zero-order valence-corrected chi connectivity index (χ0v) is 12.6. The van der Waals surface area contributed by atoms with Crippen LogP contribution in [0.2, 0.25) is 5.02 Å². The Hall–Kier alpha value is -2.27. The molecule has 0 radical (unpaired) electrons. The van der Waals surface area contributed by atoms with Crippen molar-refractivity contribution in [3.8, 4) is 0 Å². The van der Waals surface area contributed by atoms with Gasteiger partial charge in [0.05, 0.1) is 23.4 Å². The number of rotatable bonds is 4. The second-order valence-electron chi connectivity index (χ2n) is 4.61. The van der Waals surface area contributed by atoms with E-state index in [4.69, 9.17) is 22.1 Å². The van der Waals surface area contributed by atoms with Crippen LogP contribution in [-0.2, 0) is 11.3 Å². The highest BCUT2D eigenvalue weighted by atomic mass is 35.5. The van der Waals surface area contributed by atoms with Crippen molar-refractivity contribution < 1.29 is 9.53 Å². The highest BCUT2D eigenvalue weighted by Gasteiger charge is 2.19. The fourth-order valence-corrected chi connectivity index (χ4v) is 2.49. The van der Waals surface area contributed by atoms with E-state index in [1.807, 2.05) is 24.1 Å². The number of hydrogen-bond donors (Lipinski definition) is 1. The van der Waals surface area contributed by atoms with Crippen molar-refractivity contribution >= 4 is 28.9 Å². The zero-order valence-electron chi connectivity index (χ0n) is 11.8. The normalized spacial score (nSPS) is 10.2. The number of hydrogen-bond acceptors (Lipinski definition) is 5. The number of nitrogens with zero attached hydrogens (tertiary/aromatic N) is 2. The Kier molecular flexibility index (Phi) is 4.65. The molecule has 2 aromatic rings. The van der Waals surface area contributed by atoms with Crippen LogP contribution in [0.1, 0.15) is 15.9 Å². The number of halogens is 1. The Bertz CT molecular complexity index is 647. The maximum absolute atomic E-state index is 11.9. The second kappa shape index (κ2) is 6.45. The highest BCUT2D eigenvalue weighted by Crippen LogP contribution is 2.33. The summed E-state index contributed by atoms with van der Waals surface area (Å²) >= 11 is 6.25. The fourth-order valence-electron chi connectivity index (χ4n) is 2.12. The van der Waals surface area contributed by atoms with E-state index in [1.165, 1.54) is 7.11 Å². The Morgan fingerprint density at radius 3 is 2.86 bits per heavy atom. The highest BCUT2D eigenvalue weighted by molar-refractivity contribution is 6.34. The predicted octanol–water partition coefficient (Wildman–Crippen LogP) is 2.74. The Morgan fingerprint density at radius 2 is 2.24 bits per heavy atom. The number of methoxy groups -OCH3 is 1. The van der Waals surface area contributed by atoms with Gasteiger partial charge >= 0.3 is 5.97 Å². The van der Waals surface area contributed by atoms with Crippen LogP contribution in [0.5, 0.6) is 0 Å². The minimum absolute atomic E-state index is 0.342. The van der Waals surface area contributed by atoms with Gasteiger partial charge < -0.3 is 15.4 Å². The summed E-state index contributed by atoms with van der Waals surface area (Å²) in [7, 11) is 3.17. The van der Waals surface area contributed by atoms with Gasteiger partial charge in [0.15, 0.2) is 0 Å². The molecule has 2 N–H and O–H groups in total. The summed E-state index contributed by atoms with van der Waals surface area (Å²) in [6.45, 7) is 0.557. The molecule has 2 rings (SSSR count). The third kappa shape index (κ3) is 3.44. The van der Waals surface area contributed by atoms with Gasteiger partial charge in [0.2, 0.25) is 0 Å². The van der Waals surface area contributed by atoms with Gasteiger partial charge in [-0.15, -0.1) is 0 Å². The number of carbonyl (C=O) groups is 1. The van der Waals surface area contributed by atoms with Gasteiger partial charge in [0.1, 0.15) is 0 Å². The van der Waals surface area contributed by atoms with Gasteiger partial charge in [-0.1, -0.05) is 17.7 Å². The second-order valence-corrected chi connectivity index (χ2v) is 5.02. The van der Waals surface area contributed by atoms with E-state index in [0.717, 1.165) is 5.56 Å². The monoisotopic (exact) mass is 305 g/mol. The molecule has 0 amide bonds. The van der Waals surface area contributed by atoms with Crippen molar-refractivity contribution in [2.24, 2.45) is 0 Å². The standard InChI is InChI=1S/C15H16ClN3O2/c1-19(9-10-4-3-5-18-8-10)14-12(15(20)21-2)6-11(17)7-13(14)16/h3-8H,9,17H2,1-2H3. The lowest BCUT2D eigenvalue weighted by atomic mass is 10.1. The van der Waals surface area contributed by atoms with E-state index in [9.17, 15) is 4.79 Å². The molecule has 0 aliphatic carbocycles. The first-order valence-corrected chi connectivity index (χ1v) is 6.68. The number of pyridine rings is 1. The number of anilines is 2. The number of carbonyl (C=O) groups excluding carboxylic acids is 1. The minimum Gasteiger partial charge on any atom is -0.465 e. The molecule has 0 unspecified atom stereocenters. The van der Waals surface area contributed by atoms with E-state index in [1.54, 1.807) is 24.5 Å². The van der Waals surface area contributed by atoms with Crippen molar-refractivity contribution in [1.82, 2.24) is 4.98 Å². The van der Waals surface area contributed by atoms with Crippen LogP contribution in [0.25, 0.3) is 0 Å². The minimum atomic E-state index is -0.475. The molecular weight excluding hydrogens is 290 g/mol. The smallest absolute Gasteiger partial charge is 0.340 e. The summed E-state index contributed by atoms with van der Waals surface area (Å²) in [5.41, 5.74) is 8.10. The Balaban J connectivity index is 2.40. The quantitative estimate of drug-likeness (QED) is 0.695. The third-order valence-electron chi connectivity index (χ3n) is 3.02. The third-order valence-corrected chi connectivity index (χ3v) is 3.30. The Labute approximate surface area is 128 Å². The number of benzene rings is 1. The maximum Gasteiger partial charge on any atom is 0.340 e. The zero-order chi connectivity index (χ0) is 15.4. The van der Waals surface area contributed by atoms with Gasteiger partial charge in [0, 0.05) is 31.7 Å². The van der Waals surface area contributed by atoms with Crippen molar-refractivity contribution in [3.63, 3.8) is 0 Å². The van der Waals surface area contributed by atoms with E-state index < -0.39 is 5.97 Å². The molecule has 5 nitrogen and oxygen atoms in total. The fraction of sp³-hybridized carbons (Fsp3) is 0.200. The van der Waals surface area contributed by atoms with E-state index in [0.29, 0.717) is 28.5 Å². The van der Waals surface area contributed by atoms with Crippen molar-refractivity contribution in [2.75, 3.05) is 24.8 Å². The molecule has 0 spiro atoms. The molecule has 0 saturated carbocycles. The van der Waals surface area contributed by atoms with Crippen LogP contribution in [-0.4, -0.2) is 25.1 Å². The van der Waals surface area contributed by atoms with Crippen molar-refractivity contribution in [3.05, 3.63) is 52.8 Å². The van der Waals surface area contributed by atoms with E-state index >= 15 is 0 Å². The van der Waals surface area contributed by atoms with Crippen LogP contribution in [0.3, 0.4) is 0 Å². The average molecular weight is 306 g/mol. The van der Waals surface area contributed by atoms with Gasteiger partial charge in [-0.05, 0) is 23.8 Å². The Morgan fingerprint density at radius 1 is 1.48 bits per heavy atom. The SMILES string of the molecule is COC(=O)c1cc(N)cc(Cl)c1N(C)Cc1cccnc1. The van der Waals surface area contributed by atoms with Gasteiger partial charge in [-0.3, -0.25) is 4.98 Å². The predicted molar refractivity (Wildman–Crippen MR) is 83.5 cm³/mol. The largest absolute Gasteiger partial charge is 0.465 e. The van der Waals surface area contributed by atoms with Crippen LogP contribution in [0.4, 0.5) is 11.4 Å². The van der Waals surface area contributed by atoms with Crippen LogP contribution in [0, 0.1) is 0 Å². The van der Waals surface area contributed by atoms with Crippen LogP contribution < -0.4 is 10.6 Å². The number of nitrogens with two attached hydrogens (primary N) is 1. The molecule has 1 heterocycles. The molecule has 6 heteroatoms. The van der Waals surface area contributed by atoms with Crippen LogP contribution in [0.15, 0.2) is 36.7 Å². The molecule has 1 aromatic heterocycles. The van der Waals surface area contributed by atoms with Crippen molar-refractivity contribution in [1.29, 1.82) is 0 Å². The van der Waals surface area contributed by atoms with E-state index in [-0.39, 0.29) is 0 Å². The summed E-state index contributed by atoms with van der Waals surface area (Å²) in [5, 5.41) is 0.404. The first kappa shape index (κ1) is 15.1. The average Bonchev–Trinajstić information content (AvgIpc) is 2.46. The lowest BCUT2D eigenvalue weighted by Gasteiger charge is -2.23. The molecule has 0 aliphatic rings. The molecule has 0 saturated heterocycles. The molecule has 0 atom stereocenters. The lowest BCUT2D eigenvalue weighted by Crippen LogP contribution is -2.20. The van der Waals surface area contributed by atoms with Gasteiger partial charge in [-0.25, -0.2) is 4.79 Å². The van der Waals surface area contributed by atoms with Crippen LogP contribution >= 0.6 is 11.6 Å². The molecule has 0 aliphatic heterocycles. The number of nitrogen functional groups attached to an aromatic ring is 1. The summed E-state index contributed by atoms with van der Waals surface area (Å²) in [6.07, 6.45) is 3.47. The first-order chi connectivity index (χ1) is 10.0. The molecule has 1 aromatic carbocycles. The van der Waals surface area contributed by atoms with E-state index in [2.05, 4.69) is 4.98 Å². The molecule has 21 heavy (non-hydrogen) atoms. The number of ether oxygens (including phenoxy) is 1. The number of esters is 1. The summed E-state index contributed by atoms with van der Waals surface area (Å²) < 4.78 is 4.80. The molecule has 0 bridgehead atoms. The lowest BCUT2D eigenvalue weighted by molar-refractivity contribution is 0.0601. The summed E-state index contributed by atoms with van der Waals surface area (Å²) in [4.78, 5) is 17.9. The summed E-state index contributed by atoms with van der Waals surface area (Å²) in [5.74, 6) is -0.475. The summed E-state index contributed by atoms with van der Waals surface area (Å²) in [6, 6.07) is 6.98. The molecule has 110 valence electrons. The molecule has 0 fully saturated rings. The molecular formula is C15H16ClN3O2.